The van der Waals surface area contributed by atoms with Gasteiger partial charge in [0.2, 0.25) is 0 Å². The van der Waals surface area contributed by atoms with Crippen LogP contribution < -0.4 is 5.32 Å². The second-order valence-electron chi connectivity index (χ2n) is 4.61. The molecule has 0 aliphatic heterocycles. The van der Waals surface area contributed by atoms with Gasteiger partial charge in [-0.1, -0.05) is 24.3 Å². The summed E-state index contributed by atoms with van der Waals surface area (Å²) in [5, 5.41) is 4.63. The van der Waals surface area contributed by atoms with Crippen LogP contribution in [0.15, 0.2) is 59.3 Å². The van der Waals surface area contributed by atoms with E-state index in [-0.39, 0.29) is 6.04 Å². The van der Waals surface area contributed by atoms with E-state index in [1.807, 2.05) is 24.4 Å². The lowest BCUT2D eigenvalue weighted by Gasteiger charge is -2.12. The van der Waals surface area contributed by atoms with Crippen molar-refractivity contribution in [2.45, 2.75) is 19.5 Å². The van der Waals surface area contributed by atoms with E-state index in [4.69, 9.17) is 4.42 Å². The van der Waals surface area contributed by atoms with Gasteiger partial charge in [0.25, 0.3) is 0 Å². The number of aromatic nitrogens is 1. The van der Waals surface area contributed by atoms with Gasteiger partial charge in [-0.25, -0.2) is 0 Å². The summed E-state index contributed by atoms with van der Waals surface area (Å²) < 4.78 is 5.39. The van der Waals surface area contributed by atoms with Crippen LogP contribution in [0.25, 0.3) is 10.9 Å². The van der Waals surface area contributed by atoms with Gasteiger partial charge in [0.15, 0.2) is 0 Å². The fourth-order valence-corrected chi connectivity index (χ4v) is 2.21. The highest BCUT2D eigenvalue weighted by molar-refractivity contribution is 5.81. The summed E-state index contributed by atoms with van der Waals surface area (Å²) in [5.41, 5.74) is 2.26. The molecule has 2 aromatic heterocycles. The smallest absolute Gasteiger partial charge is 0.120 e. The molecule has 1 aromatic carbocycles. The lowest BCUT2D eigenvalue weighted by atomic mass is 10.1. The summed E-state index contributed by atoms with van der Waals surface area (Å²) in [4.78, 5) is 4.46. The Bertz CT molecular complexity index is 656. The average molecular weight is 252 g/mol. The highest BCUT2D eigenvalue weighted by Gasteiger charge is 2.08. The van der Waals surface area contributed by atoms with E-state index in [9.17, 15) is 0 Å². The van der Waals surface area contributed by atoms with Crippen LogP contribution in [0.3, 0.4) is 0 Å². The third-order valence-corrected chi connectivity index (χ3v) is 3.28. The number of nitrogens with zero attached hydrogens (tertiary/aromatic N) is 1. The zero-order valence-corrected chi connectivity index (χ0v) is 10.8. The van der Waals surface area contributed by atoms with Crippen LogP contribution in [-0.2, 0) is 6.54 Å². The Morgan fingerprint density at radius 2 is 2.05 bits per heavy atom. The van der Waals surface area contributed by atoms with E-state index in [0.717, 1.165) is 17.8 Å². The molecule has 19 heavy (non-hydrogen) atoms. The van der Waals surface area contributed by atoms with Gasteiger partial charge in [-0.15, -0.1) is 0 Å². The molecule has 0 saturated carbocycles. The maximum absolute atomic E-state index is 5.39. The molecule has 1 unspecified atom stereocenters. The first kappa shape index (κ1) is 11.9. The van der Waals surface area contributed by atoms with Crippen LogP contribution >= 0.6 is 0 Å². The zero-order valence-electron chi connectivity index (χ0n) is 10.8. The van der Waals surface area contributed by atoms with E-state index in [1.54, 1.807) is 6.26 Å². The fourth-order valence-electron chi connectivity index (χ4n) is 2.21. The molecule has 0 radical (unpaired) electrons. The van der Waals surface area contributed by atoms with Crippen molar-refractivity contribution in [2.24, 2.45) is 0 Å². The third-order valence-electron chi connectivity index (χ3n) is 3.28. The molecule has 3 rings (SSSR count). The van der Waals surface area contributed by atoms with Crippen LogP contribution in [0.4, 0.5) is 0 Å². The number of fused-ring (bicyclic) bond motifs is 1. The summed E-state index contributed by atoms with van der Waals surface area (Å²) in [6.45, 7) is 2.87. The minimum absolute atomic E-state index is 0.189. The molecular formula is C16H16N2O. The first-order chi connectivity index (χ1) is 9.34. The minimum Gasteiger partial charge on any atom is -0.468 e. The Morgan fingerprint density at radius 1 is 1.16 bits per heavy atom. The van der Waals surface area contributed by atoms with Crippen molar-refractivity contribution in [2.75, 3.05) is 0 Å². The summed E-state index contributed by atoms with van der Waals surface area (Å²) in [6, 6.07) is 14.4. The summed E-state index contributed by atoms with van der Waals surface area (Å²) in [7, 11) is 0. The molecule has 0 aliphatic rings. The number of furan rings is 1. The normalized spacial score (nSPS) is 12.7. The van der Waals surface area contributed by atoms with E-state index < -0.39 is 0 Å². The van der Waals surface area contributed by atoms with Gasteiger partial charge in [-0.2, -0.15) is 0 Å². The van der Waals surface area contributed by atoms with Gasteiger partial charge in [0, 0.05) is 18.1 Å². The first-order valence-electron chi connectivity index (χ1n) is 6.44. The first-order valence-corrected chi connectivity index (χ1v) is 6.44. The van der Waals surface area contributed by atoms with Gasteiger partial charge in [-0.3, -0.25) is 4.98 Å². The van der Waals surface area contributed by atoms with Gasteiger partial charge in [-0.05, 0) is 30.7 Å². The molecule has 1 N–H and O–H groups in total. The Hall–Kier alpha value is -2.13. The maximum Gasteiger partial charge on any atom is 0.120 e. The number of benzene rings is 1. The quantitative estimate of drug-likeness (QED) is 0.769. The Kier molecular flexibility index (Phi) is 3.29. The molecule has 0 spiro atoms. The van der Waals surface area contributed by atoms with E-state index >= 15 is 0 Å². The Balaban J connectivity index is 1.79. The maximum atomic E-state index is 5.39. The monoisotopic (exact) mass is 252 g/mol. The average Bonchev–Trinajstić information content (AvgIpc) is 2.99. The molecule has 3 aromatic rings. The largest absolute Gasteiger partial charge is 0.468 e. The highest BCUT2D eigenvalue weighted by Crippen LogP contribution is 2.18. The molecule has 3 heteroatoms. The fraction of sp³-hybridized carbons (Fsp3) is 0.188. The topological polar surface area (TPSA) is 38.1 Å². The Morgan fingerprint density at radius 3 is 2.89 bits per heavy atom. The van der Waals surface area contributed by atoms with Crippen LogP contribution in [0.1, 0.15) is 24.3 Å². The number of hydrogen-bond donors (Lipinski definition) is 1. The van der Waals surface area contributed by atoms with Crippen molar-refractivity contribution in [1.82, 2.24) is 10.3 Å². The van der Waals surface area contributed by atoms with Crippen LogP contribution in [-0.4, -0.2) is 4.98 Å². The number of pyridine rings is 1. The molecular weight excluding hydrogens is 236 g/mol. The number of rotatable bonds is 4. The predicted octanol–water partition coefficient (Wildman–Crippen LogP) is 3.68. The summed E-state index contributed by atoms with van der Waals surface area (Å²) in [6.07, 6.45) is 3.54. The molecule has 2 heterocycles. The number of hydrogen-bond acceptors (Lipinski definition) is 3. The summed E-state index contributed by atoms with van der Waals surface area (Å²) in [5.74, 6) is 0.952. The molecule has 1 atom stereocenters. The third kappa shape index (κ3) is 2.51. The Labute approximate surface area is 112 Å². The lowest BCUT2D eigenvalue weighted by molar-refractivity contribution is 0.430. The van der Waals surface area contributed by atoms with Gasteiger partial charge in [0.1, 0.15) is 5.76 Å². The minimum atomic E-state index is 0.189. The highest BCUT2D eigenvalue weighted by atomic mass is 16.3. The second-order valence-corrected chi connectivity index (χ2v) is 4.61. The van der Waals surface area contributed by atoms with Crippen molar-refractivity contribution < 1.29 is 4.42 Å². The lowest BCUT2D eigenvalue weighted by Crippen LogP contribution is -2.17. The van der Waals surface area contributed by atoms with E-state index in [0.29, 0.717) is 0 Å². The second kappa shape index (κ2) is 5.24. The van der Waals surface area contributed by atoms with Crippen molar-refractivity contribution in [3.05, 3.63) is 66.2 Å². The molecule has 96 valence electrons. The molecule has 0 amide bonds. The molecule has 0 saturated heterocycles. The zero-order chi connectivity index (χ0) is 13.1. The predicted molar refractivity (Wildman–Crippen MR) is 75.7 cm³/mol. The van der Waals surface area contributed by atoms with Gasteiger partial charge in [0.05, 0.1) is 17.8 Å². The molecule has 0 aliphatic carbocycles. The van der Waals surface area contributed by atoms with E-state index in [2.05, 4.69) is 41.5 Å². The molecule has 3 nitrogen and oxygen atoms in total. The molecule has 0 fully saturated rings. The SMILES string of the molecule is CC(NCc1cccc2cccnc12)c1ccco1. The number of para-hydroxylation sites is 1. The van der Waals surface area contributed by atoms with Crippen LogP contribution in [0.2, 0.25) is 0 Å². The van der Waals surface area contributed by atoms with E-state index in [1.165, 1.54) is 10.9 Å². The molecule has 0 bridgehead atoms. The van der Waals surface area contributed by atoms with Crippen molar-refractivity contribution in [3.63, 3.8) is 0 Å². The number of nitrogens with one attached hydrogen (secondary N) is 1. The summed E-state index contributed by atoms with van der Waals surface area (Å²) >= 11 is 0. The van der Waals surface area contributed by atoms with Gasteiger partial charge < -0.3 is 9.73 Å². The van der Waals surface area contributed by atoms with Crippen LogP contribution in [0.5, 0.6) is 0 Å². The van der Waals surface area contributed by atoms with Gasteiger partial charge >= 0.3 is 0 Å². The van der Waals surface area contributed by atoms with Crippen molar-refractivity contribution in [1.29, 1.82) is 0 Å². The van der Waals surface area contributed by atoms with Crippen molar-refractivity contribution in [3.8, 4) is 0 Å². The van der Waals surface area contributed by atoms with Crippen molar-refractivity contribution >= 4 is 10.9 Å². The van der Waals surface area contributed by atoms with Crippen LogP contribution in [0, 0.1) is 0 Å². The standard InChI is InChI=1S/C16H16N2O/c1-12(15-8-4-10-19-15)18-11-14-6-2-5-13-7-3-9-17-16(13)14/h2-10,12,18H,11H2,1H3.